The van der Waals surface area contributed by atoms with Crippen molar-refractivity contribution in [3.05, 3.63) is 59.7 Å². The van der Waals surface area contributed by atoms with Gasteiger partial charge in [0.25, 0.3) is 0 Å². The molecule has 0 spiro atoms. The van der Waals surface area contributed by atoms with Crippen molar-refractivity contribution in [1.29, 1.82) is 0 Å². The molecule has 0 radical (unpaired) electrons. The summed E-state index contributed by atoms with van der Waals surface area (Å²) in [5, 5.41) is 10.6. The zero-order chi connectivity index (χ0) is 17.6. The van der Waals surface area contributed by atoms with E-state index >= 15 is 0 Å². The molecule has 0 saturated carbocycles. The first kappa shape index (κ1) is 16.7. The first-order chi connectivity index (χ1) is 12.2. The Labute approximate surface area is 146 Å². The molecule has 0 aliphatic rings. The van der Waals surface area contributed by atoms with Crippen LogP contribution in [0.15, 0.2) is 46.2 Å². The van der Waals surface area contributed by atoms with E-state index in [4.69, 9.17) is 4.42 Å². The Morgan fingerprint density at radius 3 is 2.76 bits per heavy atom. The lowest BCUT2D eigenvalue weighted by Crippen LogP contribution is -2.36. The van der Waals surface area contributed by atoms with E-state index in [0.717, 1.165) is 22.8 Å². The monoisotopic (exact) mass is 339 g/mol. The van der Waals surface area contributed by atoms with Crippen molar-refractivity contribution in [2.75, 3.05) is 7.05 Å². The van der Waals surface area contributed by atoms with Crippen LogP contribution in [0.1, 0.15) is 22.9 Å². The predicted molar refractivity (Wildman–Crippen MR) is 94.4 cm³/mol. The van der Waals surface area contributed by atoms with Crippen LogP contribution < -0.4 is 10.6 Å². The number of nitrogens with zero attached hydrogens (tertiary/aromatic N) is 5. The summed E-state index contributed by atoms with van der Waals surface area (Å²) in [6.07, 6.45) is 5.35. The van der Waals surface area contributed by atoms with Crippen LogP contribution in [-0.4, -0.2) is 32.8 Å². The molecule has 3 heterocycles. The SMILES string of the molecule is CN=C(NCc1ccnc(-n2cccn2)c1)NCc1nc(C)c(C)o1. The summed E-state index contributed by atoms with van der Waals surface area (Å²) in [5.74, 6) is 2.93. The lowest BCUT2D eigenvalue weighted by Gasteiger charge is -2.11. The molecule has 3 aromatic heterocycles. The molecule has 0 fully saturated rings. The zero-order valence-corrected chi connectivity index (χ0v) is 14.5. The fourth-order valence-electron chi connectivity index (χ4n) is 2.28. The lowest BCUT2D eigenvalue weighted by atomic mass is 10.2. The number of rotatable bonds is 5. The van der Waals surface area contributed by atoms with E-state index in [-0.39, 0.29) is 0 Å². The number of guanidine groups is 1. The van der Waals surface area contributed by atoms with Crippen LogP contribution >= 0.6 is 0 Å². The molecular weight excluding hydrogens is 318 g/mol. The van der Waals surface area contributed by atoms with Gasteiger partial charge in [-0.05, 0) is 37.6 Å². The Morgan fingerprint density at radius 1 is 1.24 bits per heavy atom. The molecule has 3 aromatic rings. The molecule has 0 unspecified atom stereocenters. The molecule has 0 saturated heterocycles. The maximum atomic E-state index is 5.55. The normalized spacial score (nSPS) is 11.6. The van der Waals surface area contributed by atoms with Gasteiger partial charge in [0.2, 0.25) is 5.89 Å². The molecule has 25 heavy (non-hydrogen) atoms. The summed E-state index contributed by atoms with van der Waals surface area (Å²) >= 11 is 0. The molecule has 8 heteroatoms. The van der Waals surface area contributed by atoms with Crippen molar-refractivity contribution in [3.8, 4) is 5.82 Å². The minimum absolute atomic E-state index is 0.475. The average molecular weight is 339 g/mol. The summed E-state index contributed by atoms with van der Waals surface area (Å²) in [5.41, 5.74) is 1.98. The second kappa shape index (κ2) is 7.61. The third-order valence-corrected chi connectivity index (χ3v) is 3.71. The van der Waals surface area contributed by atoms with Gasteiger partial charge in [-0.2, -0.15) is 5.10 Å². The highest BCUT2D eigenvalue weighted by Gasteiger charge is 2.07. The lowest BCUT2D eigenvalue weighted by molar-refractivity contribution is 0.463. The van der Waals surface area contributed by atoms with E-state index in [2.05, 4.69) is 30.7 Å². The smallest absolute Gasteiger partial charge is 0.214 e. The number of aromatic nitrogens is 4. The summed E-state index contributed by atoms with van der Waals surface area (Å²) in [6.45, 7) is 4.92. The van der Waals surface area contributed by atoms with Gasteiger partial charge in [0.15, 0.2) is 11.8 Å². The van der Waals surface area contributed by atoms with Crippen LogP contribution in [0.4, 0.5) is 0 Å². The molecule has 0 bridgehead atoms. The van der Waals surface area contributed by atoms with E-state index in [1.807, 2.05) is 38.2 Å². The van der Waals surface area contributed by atoms with Crippen molar-refractivity contribution < 1.29 is 4.42 Å². The van der Waals surface area contributed by atoms with Crippen LogP contribution in [0.25, 0.3) is 5.82 Å². The van der Waals surface area contributed by atoms with Crippen LogP contribution in [0, 0.1) is 13.8 Å². The van der Waals surface area contributed by atoms with Crippen molar-refractivity contribution in [2.24, 2.45) is 4.99 Å². The topological polar surface area (TPSA) is 93.2 Å². The Bertz CT molecular complexity index is 832. The van der Waals surface area contributed by atoms with Gasteiger partial charge >= 0.3 is 0 Å². The Balaban J connectivity index is 1.57. The van der Waals surface area contributed by atoms with E-state index in [9.17, 15) is 0 Å². The first-order valence-electron chi connectivity index (χ1n) is 7.98. The van der Waals surface area contributed by atoms with Gasteiger partial charge in [-0.15, -0.1) is 0 Å². The average Bonchev–Trinajstić information content (AvgIpc) is 3.26. The standard InChI is InChI=1S/C17H21N7O/c1-12-13(2)25-16(23-12)11-21-17(18-3)20-10-14-5-7-19-15(9-14)24-8-4-6-22-24/h4-9H,10-11H2,1-3H3,(H2,18,20,21). The van der Waals surface area contributed by atoms with E-state index in [1.54, 1.807) is 24.1 Å². The third kappa shape index (κ3) is 4.23. The van der Waals surface area contributed by atoms with Gasteiger partial charge < -0.3 is 15.1 Å². The highest BCUT2D eigenvalue weighted by Crippen LogP contribution is 2.08. The van der Waals surface area contributed by atoms with Crippen LogP contribution in [-0.2, 0) is 13.1 Å². The van der Waals surface area contributed by atoms with Crippen molar-refractivity contribution >= 4 is 5.96 Å². The Morgan fingerprint density at radius 2 is 2.08 bits per heavy atom. The summed E-state index contributed by atoms with van der Waals surface area (Å²) < 4.78 is 7.28. The molecule has 0 aromatic carbocycles. The minimum atomic E-state index is 0.475. The van der Waals surface area contributed by atoms with Gasteiger partial charge in [-0.3, -0.25) is 4.99 Å². The second-order valence-corrected chi connectivity index (χ2v) is 5.50. The van der Waals surface area contributed by atoms with Crippen molar-refractivity contribution in [3.63, 3.8) is 0 Å². The highest BCUT2D eigenvalue weighted by atomic mass is 16.4. The predicted octanol–water partition coefficient (Wildman–Crippen LogP) is 1.74. The van der Waals surface area contributed by atoms with Gasteiger partial charge in [0, 0.05) is 32.2 Å². The third-order valence-electron chi connectivity index (χ3n) is 3.71. The number of nitrogens with one attached hydrogen (secondary N) is 2. The Hall–Kier alpha value is -3.16. The number of pyridine rings is 1. The summed E-state index contributed by atoms with van der Waals surface area (Å²) in [7, 11) is 1.73. The molecule has 2 N–H and O–H groups in total. The highest BCUT2D eigenvalue weighted by molar-refractivity contribution is 5.79. The van der Waals surface area contributed by atoms with Gasteiger partial charge in [-0.1, -0.05) is 0 Å². The summed E-state index contributed by atoms with van der Waals surface area (Å²) in [6, 6.07) is 5.80. The molecule has 130 valence electrons. The molecular formula is C17H21N7O. The van der Waals surface area contributed by atoms with Gasteiger partial charge in [0.1, 0.15) is 5.76 Å². The zero-order valence-electron chi connectivity index (χ0n) is 14.5. The van der Waals surface area contributed by atoms with Crippen LogP contribution in [0.5, 0.6) is 0 Å². The van der Waals surface area contributed by atoms with E-state index in [0.29, 0.717) is 24.9 Å². The quantitative estimate of drug-likeness (QED) is 0.543. The number of hydrogen-bond donors (Lipinski definition) is 2. The molecule has 0 aliphatic heterocycles. The van der Waals surface area contributed by atoms with Gasteiger partial charge in [-0.25, -0.2) is 14.6 Å². The molecule has 3 rings (SSSR count). The maximum absolute atomic E-state index is 5.55. The van der Waals surface area contributed by atoms with Crippen molar-refractivity contribution in [2.45, 2.75) is 26.9 Å². The van der Waals surface area contributed by atoms with Crippen molar-refractivity contribution in [1.82, 2.24) is 30.4 Å². The largest absolute Gasteiger partial charge is 0.444 e. The number of oxazole rings is 1. The molecule has 0 amide bonds. The van der Waals surface area contributed by atoms with Gasteiger partial charge in [0.05, 0.1) is 12.2 Å². The number of aliphatic imine (C=N–C) groups is 1. The maximum Gasteiger partial charge on any atom is 0.214 e. The molecule has 0 aliphatic carbocycles. The number of hydrogen-bond acceptors (Lipinski definition) is 5. The first-order valence-corrected chi connectivity index (χ1v) is 7.98. The fraction of sp³-hybridized carbons (Fsp3) is 0.294. The fourth-order valence-corrected chi connectivity index (χ4v) is 2.28. The Kier molecular flexibility index (Phi) is 5.08. The molecule has 8 nitrogen and oxygen atoms in total. The van der Waals surface area contributed by atoms with E-state index < -0.39 is 0 Å². The number of aryl methyl sites for hydroxylation is 2. The van der Waals surface area contributed by atoms with Crippen LogP contribution in [0.2, 0.25) is 0 Å². The summed E-state index contributed by atoms with van der Waals surface area (Å²) in [4.78, 5) is 12.9. The molecule has 0 atom stereocenters. The second-order valence-electron chi connectivity index (χ2n) is 5.50. The van der Waals surface area contributed by atoms with Crippen LogP contribution in [0.3, 0.4) is 0 Å². The minimum Gasteiger partial charge on any atom is -0.444 e. The van der Waals surface area contributed by atoms with E-state index in [1.165, 1.54) is 0 Å².